The molecule has 0 aromatic heterocycles. The average molecular weight is 259 g/mol. The van der Waals surface area contributed by atoms with Crippen LogP contribution in [0.3, 0.4) is 0 Å². The highest BCUT2D eigenvalue weighted by Gasteiger charge is 2.10. The van der Waals surface area contributed by atoms with E-state index in [0.717, 1.165) is 5.56 Å². The van der Waals surface area contributed by atoms with Gasteiger partial charge in [-0.3, -0.25) is 4.79 Å². The molecule has 0 saturated carbocycles. The van der Waals surface area contributed by atoms with E-state index < -0.39 is 5.91 Å². The van der Waals surface area contributed by atoms with Crippen molar-refractivity contribution < 1.29 is 9.18 Å². The summed E-state index contributed by atoms with van der Waals surface area (Å²) in [5.74, 6) is -0.868. The van der Waals surface area contributed by atoms with Gasteiger partial charge >= 0.3 is 0 Å². The number of halogens is 1. The lowest BCUT2D eigenvalue weighted by Gasteiger charge is -2.13. The minimum absolute atomic E-state index is 0.314. The van der Waals surface area contributed by atoms with E-state index in [1.165, 1.54) is 12.1 Å². The molecule has 4 nitrogen and oxygen atoms in total. The van der Waals surface area contributed by atoms with Gasteiger partial charge in [-0.15, -0.1) is 0 Å². The standard InChI is InChI=1S/C14H14FN3O/c1-8-6-9(15)2-5-12(8)18-13-7-10(16)3-4-11(13)14(17)19/h2-7,18H,16H2,1H3,(H2,17,19). The first-order valence-corrected chi connectivity index (χ1v) is 5.70. The third-order valence-electron chi connectivity index (χ3n) is 2.77. The van der Waals surface area contributed by atoms with Gasteiger partial charge in [-0.2, -0.15) is 0 Å². The van der Waals surface area contributed by atoms with Crippen molar-refractivity contribution in [3.8, 4) is 0 Å². The molecule has 0 fully saturated rings. The number of primary amides is 1. The molecule has 0 spiro atoms. The summed E-state index contributed by atoms with van der Waals surface area (Å²) in [6, 6.07) is 9.10. The zero-order valence-electron chi connectivity index (χ0n) is 10.4. The Labute approximate surface area is 110 Å². The van der Waals surface area contributed by atoms with Gasteiger partial charge in [0.15, 0.2) is 0 Å². The largest absolute Gasteiger partial charge is 0.399 e. The van der Waals surface area contributed by atoms with Crippen LogP contribution in [0.15, 0.2) is 36.4 Å². The summed E-state index contributed by atoms with van der Waals surface area (Å²) in [4.78, 5) is 11.3. The fraction of sp³-hybridized carbons (Fsp3) is 0.0714. The van der Waals surface area contributed by atoms with E-state index in [9.17, 15) is 9.18 Å². The molecule has 0 unspecified atom stereocenters. The lowest BCUT2D eigenvalue weighted by Crippen LogP contribution is -2.13. The molecular formula is C14H14FN3O. The molecule has 5 heteroatoms. The third-order valence-corrected chi connectivity index (χ3v) is 2.77. The normalized spacial score (nSPS) is 10.2. The average Bonchev–Trinajstić information content (AvgIpc) is 2.32. The Kier molecular flexibility index (Phi) is 3.37. The van der Waals surface area contributed by atoms with Gasteiger partial charge in [-0.05, 0) is 48.9 Å². The zero-order chi connectivity index (χ0) is 14.0. The number of benzene rings is 2. The number of rotatable bonds is 3. The minimum Gasteiger partial charge on any atom is -0.399 e. The van der Waals surface area contributed by atoms with Gasteiger partial charge in [0.1, 0.15) is 5.82 Å². The molecule has 0 heterocycles. The monoisotopic (exact) mass is 259 g/mol. The number of carbonyl (C=O) groups is 1. The predicted molar refractivity (Wildman–Crippen MR) is 73.8 cm³/mol. The SMILES string of the molecule is Cc1cc(F)ccc1Nc1cc(N)ccc1C(N)=O. The fourth-order valence-electron chi connectivity index (χ4n) is 1.79. The molecule has 0 aliphatic carbocycles. The molecule has 19 heavy (non-hydrogen) atoms. The van der Waals surface area contributed by atoms with Crippen molar-refractivity contribution in [2.24, 2.45) is 5.73 Å². The highest BCUT2D eigenvalue weighted by atomic mass is 19.1. The second-order valence-corrected chi connectivity index (χ2v) is 4.25. The van der Waals surface area contributed by atoms with Gasteiger partial charge in [-0.1, -0.05) is 0 Å². The molecule has 0 radical (unpaired) electrons. The van der Waals surface area contributed by atoms with Gasteiger partial charge in [0.05, 0.1) is 11.3 Å². The van der Waals surface area contributed by atoms with Crippen LogP contribution >= 0.6 is 0 Å². The fourth-order valence-corrected chi connectivity index (χ4v) is 1.79. The van der Waals surface area contributed by atoms with Crippen molar-refractivity contribution in [3.05, 3.63) is 53.3 Å². The maximum Gasteiger partial charge on any atom is 0.250 e. The van der Waals surface area contributed by atoms with Crippen molar-refractivity contribution in [3.63, 3.8) is 0 Å². The van der Waals surface area contributed by atoms with Gasteiger partial charge in [0.2, 0.25) is 0 Å². The number of nitrogens with one attached hydrogen (secondary N) is 1. The Morgan fingerprint density at radius 2 is 1.89 bits per heavy atom. The number of carbonyl (C=O) groups excluding carboxylic acids is 1. The van der Waals surface area contributed by atoms with Crippen molar-refractivity contribution >= 4 is 23.0 Å². The van der Waals surface area contributed by atoms with E-state index in [1.807, 2.05) is 0 Å². The molecule has 2 aromatic rings. The van der Waals surface area contributed by atoms with Crippen LogP contribution in [-0.2, 0) is 0 Å². The first-order chi connectivity index (χ1) is 8.97. The first kappa shape index (κ1) is 12.9. The van der Waals surface area contributed by atoms with E-state index in [2.05, 4.69) is 5.32 Å². The summed E-state index contributed by atoms with van der Waals surface area (Å²) in [7, 11) is 0. The van der Waals surface area contributed by atoms with E-state index in [1.54, 1.807) is 31.2 Å². The Morgan fingerprint density at radius 3 is 2.53 bits per heavy atom. The predicted octanol–water partition coefficient (Wildman–Crippen LogP) is 2.56. The zero-order valence-corrected chi connectivity index (χ0v) is 10.4. The number of nitrogens with two attached hydrogens (primary N) is 2. The Morgan fingerprint density at radius 1 is 1.16 bits per heavy atom. The molecular weight excluding hydrogens is 245 g/mol. The Balaban J connectivity index is 2.42. The molecule has 5 N–H and O–H groups in total. The van der Waals surface area contributed by atoms with Crippen LogP contribution in [0.4, 0.5) is 21.5 Å². The summed E-state index contributed by atoms with van der Waals surface area (Å²) < 4.78 is 13.0. The van der Waals surface area contributed by atoms with Crippen LogP contribution in [0.5, 0.6) is 0 Å². The van der Waals surface area contributed by atoms with Crippen LogP contribution in [0.1, 0.15) is 15.9 Å². The molecule has 0 saturated heterocycles. The second-order valence-electron chi connectivity index (χ2n) is 4.25. The Hall–Kier alpha value is -2.56. The van der Waals surface area contributed by atoms with Crippen LogP contribution < -0.4 is 16.8 Å². The van der Waals surface area contributed by atoms with Crippen LogP contribution in [0, 0.1) is 12.7 Å². The number of aryl methyl sites for hydroxylation is 1. The molecule has 0 bridgehead atoms. The topological polar surface area (TPSA) is 81.1 Å². The Bertz CT molecular complexity index is 641. The number of hydrogen-bond acceptors (Lipinski definition) is 3. The maximum absolute atomic E-state index is 13.0. The molecule has 2 rings (SSSR count). The molecule has 0 aliphatic rings. The quantitative estimate of drug-likeness (QED) is 0.741. The van der Waals surface area contributed by atoms with Crippen LogP contribution in [-0.4, -0.2) is 5.91 Å². The van der Waals surface area contributed by atoms with E-state index in [-0.39, 0.29) is 5.82 Å². The van der Waals surface area contributed by atoms with Crippen molar-refractivity contribution in [2.45, 2.75) is 6.92 Å². The number of amides is 1. The van der Waals surface area contributed by atoms with Gasteiger partial charge in [0.25, 0.3) is 5.91 Å². The van der Waals surface area contributed by atoms with Crippen molar-refractivity contribution in [1.29, 1.82) is 0 Å². The van der Waals surface area contributed by atoms with E-state index in [0.29, 0.717) is 22.6 Å². The van der Waals surface area contributed by atoms with Crippen LogP contribution in [0.25, 0.3) is 0 Å². The molecule has 2 aromatic carbocycles. The second kappa shape index (κ2) is 4.97. The highest BCUT2D eigenvalue weighted by Crippen LogP contribution is 2.25. The lowest BCUT2D eigenvalue weighted by molar-refractivity contribution is 0.100. The summed E-state index contributed by atoms with van der Waals surface area (Å²) in [5.41, 5.74) is 13.7. The van der Waals surface area contributed by atoms with Crippen molar-refractivity contribution in [1.82, 2.24) is 0 Å². The molecule has 1 amide bonds. The summed E-state index contributed by atoms with van der Waals surface area (Å²) >= 11 is 0. The number of anilines is 3. The van der Waals surface area contributed by atoms with Gasteiger partial charge in [0, 0.05) is 11.4 Å². The van der Waals surface area contributed by atoms with E-state index in [4.69, 9.17) is 11.5 Å². The summed E-state index contributed by atoms with van der Waals surface area (Å²) in [6.45, 7) is 1.77. The summed E-state index contributed by atoms with van der Waals surface area (Å²) in [6.07, 6.45) is 0. The van der Waals surface area contributed by atoms with Crippen LogP contribution in [0.2, 0.25) is 0 Å². The smallest absolute Gasteiger partial charge is 0.250 e. The highest BCUT2D eigenvalue weighted by molar-refractivity contribution is 6.00. The van der Waals surface area contributed by atoms with Gasteiger partial charge < -0.3 is 16.8 Å². The first-order valence-electron chi connectivity index (χ1n) is 5.70. The summed E-state index contributed by atoms with van der Waals surface area (Å²) in [5, 5.41) is 3.04. The van der Waals surface area contributed by atoms with Gasteiger partial charge in [-0.25, -0.2) is 4.39 Å². The van der Waals surface area contributed by atoms with Crippen molar-refractivity contribution in [2.75, 3.05) is 11.1 Å². The molecule has 98 valence electrons. The number of hydrogen-bond donors (Lipinski definition) is 3. The minimum atomic E-state index is -0.553. The maximum atomic E-state index is 13.0. The number of nitrogen functional groups attached to an aromatic ring is 1. The third kappa shape index (κ3) is 2.82. The molecule has 0 aliphatic heterocycles. The van der Waals surface area contributed by atoms with E-state index >= 15 is 0 Å². The molecule has 0 atom stereocenters. The lowest BCUT2D eigenvalue weighted by atomic mass is 10.1.